The maximum absolute atomic E-state index is 4.31. The van der Waals surface area contributed by atoms with Gasteiger partial charge in [0.05, 0.1) is 6.26 Å². The number of hydrogen-bond donors (Lipinski definition) is 0. The van der Waals surface area contributed by atoms with E-state index in [1.54, 1.807) is 6.08 Å². The molecule has 0 aliphatic carbocycles. The monoisotopic (exact) mass is 84.1 g/mol. The SMILES string of the molecule is [CH2]CC=CO[CH2]. The van der Waals surface area contributed by atoms with Crippen LogP contribution in [-0.4, -0.2) is 0 Å². The normalized spacial score (nSPS) is 9.67. The largest absolute Gasteiger partial charge is 0.498 e. The van der Waals surface area contributed by atoms with Crippen LogP contribution in [0.25, 0.3) is 0 Å². The molecule has 1 nitrogen and oxygen atoms in total. The summed E-state index contributed by atoms with van der Waals surface area (Å²) in [6.07, 6.45) is 4.05. The molecule has 0 aromatic rings. The predicted octanol–water partition coefficient (Wildman–Crippen LogP) is 1.53. The van der Waals surface area contributed by atoms with Gasteiger partial charge < -0.3 is 4.74 Å². The van der Waals surface area contributed by atoms with Crippen LogP contribution in [-0.2, 0) is 4.74 Å². The third kappa shape index (κ3) is 3.54. The summed E-state index contributed by atoms with van der Waals surface area (Å²) >= 11 is 0. The van der Waals surface area contributed by atoms with Crippen molar-refractivity contribution in [2.45, 2.75) is 6.42 Å². The van der Waals surface area contributed by atoms with Crippen molar-refractivity contribution in [3.05, 3.63) is 26.4 Å². The summed E-state index contributed by atoms with van der Waals surface area (Å²) in [6.45, 7) is 3.53. The predicted molar refractivity (Wildman–Crippen MR) is 25.6 cm³/mol. The van der Waals surface area contributed by atoms with Crippen molar-refractivity contribution in [3.8, 4) is 0 Å². The summed E-state index contributed by atoms with van der Waals surface area (Å²) in [5.74, 6) is 0. The van der Waals surface area contributed by atoms with E-state index < -0.39 is 0 Å². The van der Waals surface area contributed by atoms with E-state index in [1.807, 2.05) is 0 Å². The summed E-state index contributed by atoms with van der Waals surface area (Å²) in [5.41, 5.74) is 0. The van der Waals surface area contributed by atoms with Crippen molar-refractivity contribution in [1.82, 2.24) is 0 Å². The molecule has 0 heterocycles. The van der Waals surface area contributed by atoms with Gasteiger partial charge in [-0.15, -0.1) is 0 Å². The molecule has 0 saturated heterocycles. The Balaban J connectivity index is 2.73. The van der Waals surface area contributed by atoms with Crippen LogP contribution < -0.4 is 0 Å². The Morgan fingerprint density at radius 2 is 2.33 bits per heavy atom. The van der Waals surface area contributed by atoms with Gasteiger partial charge in [-0.25, -0.2) is 0 Å². The highest BCUT2D eigenvalue weighted by Gasteiger charge is 1.59. The molecule has 0 N–H and O–H groups in total. The van der Waals surface area contributed by atoms with E-state index in [9.17, 15) is 0 Å². The lowest BCUT2D eigenvalue weighted by molar-refractivity contribution is 0.393. The third-order valence-corrected chi connectivity index (χ3v) is 0.359. The van der Waals surface area contributed by atoms with Crippen molar-refractivity contribution >= 4 is 0 Å². The minimum Gasteiger partial charge on any atom is -0.498 e. The van der Waals surface area contributed by atoms with E-state index in [0.717, 1.165) is 6.42 Å². The molecule has 0 bridgehead atoms. The summed E-state index contributed by atoms with van der Waals surface area (Å²) in [6, 6.07) is 0. The molecule has 0 fully saturated rings. The molecular formula is C5H8O. The van der Waals surface area contributed by atoms with E-state index in [0.29, 0.717) is 0 Å². The van der Waals surface area contributed by atoms with E-state index in [4.69, 9.17) is 0 Å². The Morgan fingerprint density at radius 1 is 1.67 bits per heavy atom. The first-order valence-corrected chi connectivity index (χ1v) is 1.77. The molecule has 0 spiro atoms. The summed E-state index contributed by atoms with van der Waals surface area (Å²) in [5, 5.41) is 0. The standard InChI is InChI=1S/C5H8O/c1-3-4-5-6-2/h4-5H,1-3H2. The summed E-state index contributed by atoms with van der Waals surface area (Å²) < 4.78 is 4.31. The quantitative estimate of drug-likeness (QED) is 0.461. The molecule has 0 unspecified atom stereocenters. The second kappa shape index (κ2) is 4.54. The van der Waals surface area contributed by atoms with E-state index in [2.05, 4.69) is 18.8 Å². The minimum absolute atomic E-state index is 0.759. The lowest BCUT2D eigenvalue weighted by Gasteiger charge is -1.79. The van der Waals surface area contributed by atoms with Crippen LogP contribution in [0.4, 0.5) is 0 Å². The number of hydrogen-bond acceptors (Lipinski definition) is 1. The molecule has 2 radical (unpaired) electrons. The molecule has 0 aromatic heterocycles. The van der Waals surface area contributed by atoms with E-state index >= 15 is 0 Å². The molecule has 1 heteroatoms. The summed E-state index contributed by atoms with van der Waals surface area (Å²) in [7, 11) is 3.11. The van der Waals surface area contributed by atoms with Gasteiger partial charge in [-0.1, -0.05) is 0 Å². The summed E-state index contributed by atoms with van der Waals surface area (Å²) in [4.78, 5) is 0. The van der Waals surface area contributed by atoms with Crippen molar-refractivity contribution in [1.29, 1.82) is 0 Å². The van der Waals surface area contributed by atoms with Crippen LogP contribution in [0.2, 0.25) is 0 Å². The number of ether oxygens (including phenoxy) is 1. The van der Waals surface area contributed by atoms with Crippen LogP contribution in [0, 0.1) is 14.0 Å². The molecule has 0 aliphatic heterocycles. The molecule has 34 valence electrons. The first-order chi connectivity index (χ1) is 2.91. The number of allylic oxidation sites excluding steroid dienone is 1. The van der Waals surface area contributed by atoms with Gasteiger partial charge in [0.2, 0.25) is 0 Å². The fourth-order valence-electron chi connectivity index (χ4n) is 0.136. The molecule has 0 aromatic carbocycles. The first-order valence-electron chi connectivity index (χ1n) is 1.77. The Morgan fingerprint density at radius 3 is 2.50 bits per heavy atom. The zero-order valence-corrected chi connectivity index (χ0v) is 3.68. The topological polar surface area (TPSA) is 9.23 Å². The highest BCUT2D eigenvalue weighted by molar-refractivity contribution is 4.73. The van der Waals surface area contributed by atoms with Gasteiger partial charge in [-0.05, 0) is 19.4 Å². The molecule has 0 amide bonds. The van der Waals surface area contributed by atoms with Gasteiger partial charge in [0.25, 0.3) is 0 Å². The lowest BCUT2D eigenvalue weighted by atomic mass is 10.5. The molecule has 0 saturated carbocycles. The van der Waals surface area contributed by atoms with Gasteiger partial charge in [0.15, 0.2) is 0 Å². The van der Waals surface area contributed by atoms with E-state index in [-0.39, 0.29) is 0 Å². The maximum atomic E-state index is 4.31. The average Bonchev–Trinajstić information content (AvgIpc) is 1.61. The Hall–Kier alpha value is -0.460. The van der Waals surface area contributed by atoms with Gasteiger partial charge in [0.1, 0.15) is 7.11 Å². The van der Waals surface area contributed by atoms with Crippen LogP contribution in [0.5, 0.6) is 0 Å². The lowest BCUT2D eigenvalue weighted by Crippen LogP contribution is -1.57. The molecule has 0 aliphatic rings. The van der Waals surface area contributed by atoms with Crippen LogP contribution in [0.15, 0.2) is 12.3 Å². The van der Waals surface area contributed by atoms with Crippen LogP contribution >= 0.6 is 0 Å². The Bertz CT molecular complexity index is 33.2. The second-order valence-electron chi connectivity index (χ2n) is 0.827. The average molecular weight is 84.1 g/mol. The molecule has 0 atom stereocenters. The molecule has 6 heavy (non-hydrogen) atoms. The smallest absolute Gasteiger partial charge is 0.121 e. The maximum Gasteiger partial charge on any atom is 0.121 e. The fourth-order valence-corrected chi connectivity index (χ4v) is 0.136. The molecule has 0 rings (SSSR count). The van der Waals surface area contributed by atoms with Gasteiger partial charge >= 0.3 is 0 Å². The Kier molecular flexibility index (Phi) is 4.19. The van der Waals surface area contributed by atoms with Gasteiger partial charge in [-0.2, -0.15) is 0 Å². The molecular weight excluding hydrogens is 76.1 g/mol. The van der Waals surface area contributed by atoms with Crippen molar-refractivity contribution in [2.24, 2.45) is 0 Å². The number of rotatable bonds is 2. The fraction of sp³-hybridized carbons (Fsp3) is 0.200. The van der Waals surface area contributed by atoms with Crippen LogP contribution in [0.3, 0.4) is 0 Å². The third-order valence-electron chi connectivity index (χ3n) is 0.359. The second-order valence-corrected chi connectivity index (χ2v) is 0.827. The zero-order valence-electron chi connectivity index (χ0n) is 3.68. The highest BCUT2D eigenvalue weighted by atomic mass is 16.5. The highest BCUT2D eigenvalue weighted by Crippen LogP contribution is 1.76. The minimum atomic E-state index is 0.759. The van der Waals surface area contributed by atoms with Crippen molar-refractivity contribution < 1.29 is 4.74 Å². The van der Waals surface area contributed by atoms with Crippen LogP contribution in [0.1, 0.15) is 6.42 Å². The Labute approximate surface area is 38.6 Å². The van der Waals surface area contributed by atoms with Crippen molar-refractivity contribution in [2.75, 3.05) is 0 Å². The van der Waals surface area contributed by atoms with Gasteiger partial charge in [0, 0.05) is 0 Å². The zero-order chi connectivity index (χ0) is 4.83. The van der Waals surface area contributed by atoms with Gasteiger partial charge in [-0.3, -0.25) is 0 Å². The van der Waals surface area contributed by atoms with Crippen molar-refractivity contribution in [3.63, 3.8) is 0 Å². The van der Waals surface area contributed by atoms with E-state index in [1.165, 1.54) is 6.26 Å². The first kappa shape index (κ1) is 5.54.